The second kappa shape index (κ2) is 4.58. The van der Waals surface area contributed by atoms with Crippen LogP contribution in [0.3, 0.4) is 0 Å². The highest BCUT2D eigenvalue weighted by atomic mass is 16.5. The van der Waals surface area contributed by atoms with Crippen molar-refractivity contribution in [2.45, 2.75) is 50.8 Å². The molecule has 2 heterocycles. The summed E-state index contributed by atoms with van der Waals surface area (Å²) in [4.78, 5) is 14.2. The summed E-state index contributed by atoms with van der Waals surface area (Å²) < 4.78 is 5.56. The van der Waals surface area contributed by atoms with Crippen molar-refractivity contribution in [3.63, 3.8) is 0 Å². The van der Waals surface area contributed by atoms with Gasteiger partial charge in [0.2, 0.25) is 5.91 Å². The van der Waals surface area contributed by atoms with Gasteiger partial charge >= 0.3 is 0 Å². The molecule has 1 amide bonds. The molecule has 4 heteroatoms. The molecule has 0 radical (unpaired) electrons. The van der Waals surface area contributed by atoms with E-state index in [2.05, 4.69) is 12.2 Å². The number of rotatable bonds is 4. The van der Waals surface area contributed by atoms with Crippen LogP contribution in [0.15, 0.2) is 0 Å². The van der Waals surface area contributed by atoms with E-state index in [1.54, 1.807) is 0 Å². The van der Waals surface area contributed by atoms with Gasteiger partial charge in [0.15, 0.2) is 0 Å². The van der Waals surface area contributed by atoms with Crippen LogP contribution >= 0.6 is 0 Å². The van der Waals surface area contributed by atoms with Crippen molar-refractivity contribution >= 4 is 5.91 Å². The number of ether oxygens (including phenoxy) is 1. The van der Waals surface area contributed by atoms with Crippen LogP contribution in [0.5, 0.6) is 0 Å². The van der Waals surface area contributed by atoms with Gasteiger partial charge in [0.25, 0.3) is 0 Å². The van der Waals surface area contributed by atoms with Crippen molar-refractivity contribution in [3.8, 4) is 0 Å². The van der Waals surface area contributed by atoms with Gasteiger partial charge in [-0.1, -0.05) is 0 Å². The van der Waals surface area contributed by atoms with Crippen molar-refractivity contribution in [1.82, 2.24) is 10.2 Å². The van der Waals surface area contributed by atoms with Gasteiger partial charge in [0.05, 0.1) is 12.1 Å². The minimum atomic E-state index is 0.0973. The van der Waals surface area contributed by atoms with E-state index in [-0.39, 0.29) is 6.04 Å². The molecule has 0 aromatic heterocycles. The molecule has 0 aromatic carbocycles. The second-order valence-corrected chi connectivity index (χ2v) is 5.69. The van der Waals surface area contributed by atoms with E-state index in [9.17, 15) is 4.79 Å². The van der Waals surface area contributed by atoms with E-state index in [1.807, 2.05) is 4.90 Å². The predicted octanol–water partition coefficient (Wildman–Crippen LogP) is 0.764. The smallest absolute Gasteiger partial charge is 0.239 e. The summed E-state index contributed by atoms with van der Waals surface area (Å²) in [5, 5.41) is 3.45. The molecule has 2 saturated heterocycles. The summed E-state index contributed by atoms with van der Waals surface area (Å²) in [6.07, 6.45) is 4.90. The molecule has 0 aromatic rings. The van der Waals surface area contributed by atoms with Gasteiger partial charge in [-0.2, -0.15) is 0 Å². The SMILES string of the molecule is CC1OCCC1CN1CCC(NC2CC2)C1=O. The van der Waals surface area contributed by atoms with Gasteiger partial charge in [-0.15, -0.1) is 0 Å². The Morgan fingerprint density at radius 2 is 2.18 bits per heavy atom. The van der Waals surface area contributed by atoms with Crippen LogP contribution < -0.4 is 5.32 Å². The third kappa shape index (κ3) is 2.47. The highest BCUT2D eigenvalue weighted by molar-refractivity contribution is 5.84. The fourth-order valence-corrected chi connectivity index (χ4v) is 2.91. The van der Waals surface area contributed by atoms with Gasteiger partial charge in [0, 0.05) is 31.7 Å². The molecule has 0 bridgehead atoms. The Morgan fingerprint density at radius 1 is 1.35 bits per heavy atom. The molecule has 0 spiro atoms. The average Bonchev–Trinajstić information content (AvgIpc) is 2.96. The molecular weight excluding hydrogens is 216 g/mol. The summed E-state index contributed by atoms with van der Waals surface area (Å²) in [5.74, 6) is 0.856. The molecule has 3 fully saturated rings. The van der Waals surface area contributed by atoms with Crippen LogP contribution in [0.1, 0.15) is 32.6 Å². The summed E-state index contributed by atoms with van der Waals surface area (Å²) in [6.45, 7) is 4.80. The maximum Gasteiger partial charge on any atom is 0.239 e. The van der Waals surface area contributed by atoms with E-state index in [0.717, 1.165) is 32.5 Å². The van der Waals surface area contributed by atoms with Crippen molar-refractivity contribution in [1.29, 1.82) is 0 Å². The van der Waals surface area contributed by atoms with Crippen molar-refractivity contribution in [2.24, 2.45) is 5.92 Å². The molecule has 1 aliphatic carbocycles. The summed E-state index contributed by atoms with van der Waals surface area (Å²) in [5.41, 5.74) is 0. The number of hydrogen-bond acceptors (Lipinski definition) is 3. The molecule has 3 unspecified atom stereocenters. The molecule has 3 atom stereocenters. The van der Waals surface area contributed by atoms with Gasteiger partial charge in [-0.25, -0.2) is 0 Å². The molecule has 17 heavy (non-hydrogen) atoms. The number of likely N-dealkylation sites (tertiary alicyclic amines) is 1. The summed E-state index contributed by atoms with van der Waals surface area (Å²) >= 11 is 0. The zero-order chi connectivity index (χ0) is 11.8. The molecule has 3 rings (SSSR count). The van der Waals surface area contributed by atoms with Crippen LogP contribution in [0.4, 0.5) is 0 Å². The number of amides is 1. The Kier molecular flexibility index (Phi) is 3.09. The largest absolute Gasteiger partial charge is 0.378 e. The number of carbonyl (C=O) groups is 1. The molecule has 1 N–H and O–H groups in total. The lowest BCUT2D eigenvalue weighted by molar-refractivity contribution is -0.130. The topological polar surface area (TPSA) is 41.6 Å². The highest BCUT2D eigenvalue weighted by Gasteiger charge is 2.37. The first kappa shape index (κ1) is 11.5. The van der Waals surface area contributed by atoms with Gasteiger partial charge in [-0.05, 0) is 32.6 Å². The minimum Gasteiger partial charge on any atom is -0.378 e. The van der Waals surface area contributed by atoms with Crippen LogP contribution in [0.25, 0.3) is 0 Å². The van der Waals surface area contributed by atoms with Crippen LogP contribution in [-0.2, 0) is 9.53 Å². The molecule has 3 aliphatic rings. The molecule has 1 saturated carbocycles. The maximum atomic E-state index is 12.2. The first-order valence-corrected chi connectivity index (χ1v) is 6.90. The fourth-order valence-electron chi connectivity index (χ4n) is 2.91. The lowest BCUT2D eigenvalue weighted by Gasteiger charge is -2.22. The normalized spacial score (nSPS) is 38.1. The van der Waals surface area contributed by atoms with Crippen molar-refractivity contribution in [2.75, 3.05) is 19.7 Å². The Hall–Kier alpha value is -0.610. The Morgan fingerprint density at radius 3 is 2.82 bits per heavy atom. The monoisotopic (exact) mass is 238 g/mol. The highest BCUT2D eigenvalue weighted by Crippen LogP contribution is 2.26. The average molecular weight is 238 g/mol. The Bertz CT molecular complexity index is 304. The molecule has 96 valence electrons. The van der Waals surface area contributed by atoms with E-state index in [0.29, 0.717) is 24.0 Å². The fraction of sp³-hybridized carbons (Fsp3) is 0.923. The molecule has 4 nitrogen and oxygen atoms in total. The van der Waals surface area contributed by atoms with E-state index >= 15 is 0 Å². The van der Waals surface area contributed by atoms with Crippen molar-refractivity contribution in [3.05, 3.63) is 0 Å². The number of hydrogen-bond donors (Lipinski definition) is 1. The van der Waals surface area contributed by atoms with Gasteiger partial charge in [0.1, 0.15) is 0 Å². The first-order chi connectivity index (χ1) is 8.24. The third-order valence-corrected chi connectivity index (χ3v) is 4.30. The third-order valence-electron chi connectivity index (χ3n) is 4.30. The van der Waals surface area contributed by atoms with Crippen LogP contribution in [0.2, 0.25) is 0 Å². The Labute approximate surface area is 103 Å². The Balaban J connectivity index is 1.52. The number of nitrogens with one attached hydrogen (secondary N) is 1. The lowest BCUT2D eigenvalue weighted by atomic mass is 10.0. The first-order valence-electron chi connectivity index (χ1n) is 6.90. The van der Waals surface area contributed by atoms with Gasteiger partial charge in [-0.3, -0.25) is 4.79 Å². The zero-order valence-electron chi connectivity index (χ0n) is 10.5. The summed E-state index contributed by atoms with van der Waals surface area (Å²) in [7, 11) is 0. The second-order valence-electron chi connectivity index (χ2n) is 5.69. The van der Waals surface area contributed by atoms with Crippen LogP contribution in [-0.4, -0.2) is 48.7 Å². The number of nitrogens with zero attached hydrogens (tertiary/aromatic N) is 1. The summed E-state index contributed by atoms with van der Waals surface area (Å²) in [6, 6.07) is 0.720. The van der Waals surface area contributed by atoms with Gasteiger partial charge < -0.3 is 15.0 Å². The maximum absolute atomic E-state index is 12.2. The molecular formula is C13H22N2O2. The van der Waals surface area contributed by atoms with E-state index in [1.165, 1.54) is 12.8 Å². The minimum absolute atomic E-state index is 0.0973. The zero-order valence-corrected chi connectivity index (χ0v) is 10.5. The van der Waals surface area contributed by atoms with Crippen molar-refractivity contribution < 1.29 is 9.53 Å². The van der Waals surface area contributed by atoms with E-state index in [4.69, 9.17) is 4.74 Å². The predicted molar refractivity (Wildman–Crippen MR) is 64.7 cm³/mol. The quantitative estimate of drug-likeness (QED) is 0.786. The van der Waals surface area contributed by atoms with E-state index < -0.39 is 0 Å². The standard InChI is InChI=1S/C13H22N2O2/c1-9-10(5-7-17-9)8-15-6-4-12(13(15)16)14-11-2-3-11/h9-12,14H,2-8H2,1H3. The molecule has 2 aliphatic heterocycles. The lowest BCUT2D eigenvalue weighted by Crippen LogP contribution is -2.41. The number of carbonyl (C=O) groups excluding carboxylic acids is 1. The van der Waals surface area contributed by atoms with Crippen LogP contribution in [0, 0.1) is 5.92 Å².